The van der Waals surface area contributed by atoms with Crippen molar-refractivity contribution in [1.82, 2.24) is 0 Å². The predicted molar refractivity (Wildman–Crippen MR) is 84.4 cm³/mol. The lowest BCUT2D eigenvalue weighted by Crippen LogP contribution is -2.37. The number of carbonyl (C=O) groups excluding carboxylic acids is 1. The first-order valence-corrected chi connectivity index (χ1v) is 7.02. The monoisotopic (exact) mass is 284 g/mol. The molecule has 21 heavy (non-hydrogen) atoms. The zero-order valence-corrected chi connectivity index (χ0v) is 12.1. The Labute approximate surface area is 124 Å². The summed E-state index contributed by atoms with van der Waals surface area (Å²) in [4.78, 5) is 12.1. The summed E-state index contributed by atoms with van der Waals surface area (Å²) >= 11 is 0. The summed E-state index contributed by atoms with van der Waals surface area (Å²) in [5.74, 6) is 0.590. The van der Waals surface area contributed by atoms with Crippen LogP contribution in [0, 0.1) is 0 Å². The smallest absolute Gasteiger partial charge is 0.241 e. The Morgan fingerprint density at radius 3 is 2.43 bits per heavy atom. The number of benzene rings is 2. The van der Waals surface area contributed by atoms with Crippen LogP contribution in [0.4, 0.5) is 5.69 Å². The minimum absolute atomic E-state index is 0.192. The number of carbonyl (C=O) groups is 1. The Kier molecular flexibility index (Phi) is 5.35. The van der Waals surface area contributed by atoms with Crippen molar-refractivity contribution in [2.75, 3.05) is 11.9 Å². The van der Waals surface area contributed by atoms with Gasteiger partial charge in [0.25, 0.3) is 0 Å². The maximum absolute atomic E-state index is 12.1. The number of anilines is 1. The van der Waals surface area contributed by atoms with Crippen molar-refractivity contribution in [3.05, 3.63) is 60.2 Å². The third-order valence-electron chi connectivity index (χ3n) is 3.07. The van der Waals surface area contributed by atoms with E-state index >= 15 is 0 Å². The average Bonchev–Trinajstić information content (AvgIpc) is 2.50. The Hall–Kier alpha value is -2.33. The minimum atomic E-state index is -0.570. The van der Waals surface area contributed by atoms with Gasteiger partial charge in [-0.05, 0) is 43.2 Å². The van der Waals surface area contributed by atoms with Crippen LogP contribution in [-0.2, 0) is 11.2 Å². The predicted octanol–water partition coefficient (Wildman–Crippen LogP) is 2.59. The maximum Gasteiger partial charge on any atom is 0.241 e. The first-order chi connectivity index (χ1) is 10.2. The normalized spacial score (nSPS) is 11.7. The summed E-state index contributed by atoms with van der Waals surface area (Å²) in [6.07, 6.45) is 0.518. The second-order valence-electron chi connectivity index (χ2n) is 4.74. The SMILES string of the molecule is CCOc1ccc(NC(=O)C(N)Cc2ccccc2)cc1. The van der Waals surface area contributed by atoms with E-state index in [-0.39, 0.29) is 5.91 Å². The molecule has 0 heterocycles. The van der Waals surface area contributed by atoms with Gasteiger partial charge in [0.2, 0.25) is 5.91 Å². The fourth-order valence-corrected chi connectivity index (χ4v) is 2.00. The van der Waals surface area contributed by atoms with Crippen molar-refractivity contribution in [3.63, 3.8) is 0 Å². The highest BCUT2D eigenvalue weighted by Gasteiger charge is 2.14. The summed E-state index contributed by atoms with van der Waals surface area (Å²) in [6, 6.07) is 16.4. The molecule has 0 spiro atoms. The minimum Gasteiger partial charge on any atom is -0.494 e. The van der Waals surface area contributed by atoms with Gasteiger partial charge in [0.15, 0.2) is 0 Å². The van der Waals surface area contributed by atoms with E-state index in [0.29, 0.717) is 18.7 Å². The summed E-state index contributed by atoms with van der Waals surface area (Å²) in [5.41, 5.74) is 7.70. The highest BCUT2D eigenvalue weighted by atomic mass is 16.5. The summed E-state index contributed by atoms with van der Waals surface area (Å²) in [6.45, 7) is 2.55. The number of amides is 1. The molecule has 3 N–H and O–H groups in total. The van der Waals surface area contributed by atoms with Gasteiger partial charge >= 0.3 is 0 Å². The summed E-state index contributed by atoms with van der Waals surface area (Å²) in [7, 11) is 0. The average molecular weight is 284 g/mol. The molecule has 4 nitrogen and oxygen atoms in total. The molecule has 1 amide bonds. The van der Waals surface area contributed by atoms with E-state index in [1.165, 1.54) is 0 Å². The molecule has 4 heteroatoms. The molecule has 1 unspecified atom stereocenters. The second kappa shape index (κ2) is 7.45. The summed E-state index contributed by atoms with van der Waals surface area (Å²) < 4.78 is 5.35. The molecule has 0 aliphatic rings. The van der Waals surface area contributed by atoms with Crippen molar-refractivity contribution in [3.8, 4) is 5.75 Å². The zero-order valence-electron chi connectivity index (χ0n) is 12.1. The Balaban J connectivity index is 1.91. The van der Waals surface area contributed by atoms with Crippen LogP contribution in [0.5, 0.6) is 5.75 Å². The topological polar surface area (TPSA) is 64.3 Å². The number of rotatable bonds is 6. The lowest BCUT2D eigenvalue weighted by molar-refractivity contribution is -0.117. The number of hydrogen-bond acceptors (Lipinski definition) is 3. The third kappa shape index (κ3) is 4.61. The number of hydrogen-bond donors (Lipinski definition) is 2. The van der Waals surface area contributed by atoms with Crippen LogP contribution in [0.3, 0.4) is 0 Å². The molecular weight excluding hydrogens is 264 g/mol. The first kappa shape index (κ1) is 15.1. The van der Waals surface area contributed by atoms with Gasteiger partial charge in [-0.2, -0.15) is 0 Å². The van der Waals surface area contributed by atoms with Gasteiger partial charge < -0.3 is 15.8 Å². The number of nitrogens with one attached hydrogen (secondary N) is 1. The van der Waals surface area contributed by atoms with Gasteiger partial charge in [0.05, 0.1) is 12.6 Å². The molecule has 0 bridgehead atoms. The molecule has 1 atom stereocenters. The van der Waals surface area contributed by atoms with Crippen molar-refractivity contribution in [2.45, 2.75) is 19.4 Å². The van der Waals surface area contributed by atoms with Gasteiger partial charge in [-0.25, -0.2) is 0 Å². The molecule has 0 aliphatic heterocycles. The molecule has 2 aromatic carbocycles. The molecule has 0 aromatic heterocycles. The van der Waals surface area contributed by atoms with E-state index in [1.54, 1.807) is 12.1 Å². The van der Waals surface area contributed by atoms with E-state index in [9.17, 15) is 4.79 Å². The Morgan fingerprint density at radius 1 is 1.14 bits per heavy atom. The molecule has 0 saturated heterocycles. The van der Waals surface area contributed by atoms with E-state index in [4.69, 9.17) is 10.5 Å². The largest absolute Gasteiger partial charge is 0.494 e. The van der Waals surface area contributed by atoms with Crippen LogP contribution in [0.15, 0.2) is 54.6 Å². The van der Waals surface area contributed by atoms with Crippen molar-refractivity contribution in [2.24, 2.45) is 5.73 Å². The van der Waals surface area contributed by atoms with Crippen LogP contribution >= 0.6 is 0 Å². The lowest BCUT2D eigenvalue weighted by atomic mass is 10.1. The zero-order chi connectivity index (χ0) is 15.1. The van der Waals surface area contributed by atoms with Crippen LogP contribution in [0.25, 0.3) is 0 Å². The molecule has 0 aliphatic carbocycles. The van der Waals surface area contributed by atoms with Crippen LogP contribution in [-0.4, -0.2) is 18.6 Å². The molecule has 0 saturated carbocycles. The maximum atomic E-state index is 12.1. The second-order valence-corrected chi connectivity index (χ2v) is 4.74. The van der Waals surface area contributed by atoms with Crippen molar-refractivity contribution < 1.29 is 9.53 Å². The van der Waals surface area contributed by atoms with E-state index < -0.39 is 6.04 Å². The standard InChI is InChI=1S/C17H20N2O2/c1-2-21-15-10-8-14(9-11-15)19-17(20)16(18)12-13-6-4-3-5-7-13/h3-11,16H,2,12,18H2,1H3,(H,19,20). The van der Waals surface area contributed by atoms with Gasteiger partial charge in [0, 0.05) is 5.69 Å². The van der Waals surface area contributed by atoms with Crippen molar-refractivity contribution >= 4 is 11.6 Å². The third-order valence-corrected chi connectivity index (χ3v) is 3.07. The highest BCUT2D eigenvalue weighted by Crippen LogP contribution is 2.16. The van der Waals surface area contributed by atoms with Gasteiger partial charge in [-0.15, -0.1) is 0 Å². The van der Waals surface area contributed by atoms with E-state index in [1.807, 2.05) is 49.4 Å². The first-order valence-electron chi connectivity index (χ1n) is 7.02. The van der Waals surface area contributed by atoms with Crippen LogP contribution < -0.4 is 15.8 Å². The molecule has 0 radical (unpaired) electrons. The fourth-order valence-electron chi connectivity index (χ4n) is 2.00. The summed E-state index contributed by atoms with van der Waals surface area (Å²) in [5, 5.41) is 2.81. The molecular formula is C17H20N2O2. The van der Waals surface area contributed by atoms with Crippen LogP contribution in [0.1, 0.15) is 12.5 Å². The molecule has 2 aromatic rings. The van der Waals surface area contributed by atoms with Crippen molar-refractivity contribution in [1.29, 1.82) is 0 Å². The molecule has 110 valence electrons. The van der Waals surface area contributed by atoms with Gasteiger partial charge in [-0.3, -0.25) is 4.79 Å². The highest BCUT2D eigenvalue weighted by molar-refractivity contribution is 5.94. The quantitative estimate of drug-likeness (QED) is 0.857. The Morgan fingerprint density at radius 2 is 1.81 bits per heavy atom. The fraction of sp³-hybridized carbons (Fsp3) is 0.235. The lowest BCUT2D eigenvalue weighted by Gasteiger charge is -2.12. The molecule has 2 rings (SSSR count). The Bertz CT molecular complexity index is 567. The van der Waals surface area contributed by atoms with Gasteiger partial charge in [-0.1, -0.05) is 30.3 Å². The number of ether oxygens (including phenoxy) is 1. The number of nitrogens with two attached hydrogens (primary N) is 1. The van der Waals surface area contributed by atoms with E-state index in [0.717, 1.165) is 11.3 Å². The van der Waals surface area contributed by atoms with E-state index in [2.05, 4.69) is 5.32 Å². The van der Waals surface area contributed by atoms with Gasteiger partial charge in [0.1, 0.15) is 5.75 Å². The van der Waals surface area contributed by atoms with Crippen LogP contribution in [0.2, 0.25) is 0 Å². The molecule has 0 fully saturated rings.